The number of halogens is 1. The normalized spacial score (nSPS) is 14.9. The van der Waals surface area contributed by atoms with Crippen LogP contribution in [0.2, 0.25) is 0 Å². The van der Waals surface area contributed by atoms with Gasteiger partial charge in [0.1, 0.15) is 0 Å². The molecule has 21 heavy (non-hydrogen) atoms. The van der Waals surface area contributed by atoms with Crippen LogP contribution in [0, 0.1) is 0 Å². The maximum absolute atomic E-state index is 12.7. The number of hydrogen-bond donors (Lipinski definition) is 0. The minimum absolute atomic E-state index is 0.0363. The molecule has 2 aromatic rings. The van der Waals surface area contributed by atoms with Crippen LogP contribution < -0.4 is 4.31 Å². The van der Waals surface area contributed by atoms with Crippen LogP contribution in [0.1, 0.15) is 16.8 Å². The van der Waals surface area contributed by atoms with E-state index in [2.05, 4.69) is 15.9 Å². The smallest absolute Gasteiger partial charge is 0.264 e. The lowest BCUT2D eigenvalue weighted by atomic mass is 10.0. The van der Waals surface area contributed by atoms with Gasteiger partial charge in [-0.2, -0.15) is 0 Å². The van der Waals surface area contributed by atoms with Crippen molar-refractivity contribution in [2.45, 2.75) is 11.3 Å². The van der Waals surface area contributed by atoms with E-state index in [1.54, 1.807) is 48.5 Å². The number of hydrogen-bond acceptors (Lipinski definition) is 3. The first kappa shape index (κ1) is 14.3. The number of rotatable bonds is 2. The molecule has 1 aliphatic rings. The quantitative estimate of drug-likeness (QED) is 0.820. The predicted octanol–water partition coefficient (Wildman–Crippen LogP) is 3.23. The second kappa shape index (κ2) is 5.27. The van der Waals surface area contributed by atoms with Gasteiger partial charge < -0.3 is 0 Å². The number of ketones is 1. The van der Waals surface area contributed by atoms with E-state index in [9.17, 15) is 13.2 Å². The molecule has 1 aliphatic heterocycles. The molecule has 0 N–H and O–H groups in total. The Morgan fingerprint density at radius 3 is 2.48 bits per heavy atom. The summed E-state index contributed by atoms with van der Waals surface area (Å²) in [6.07, 6.45) is 0.190. The first-order chi connectivity index (χ1) is 10.00. The summed E-state index contributed by atoms with van der Waals surface area (Å²) >= 11 is 3.31. The molecule has 4 nitrogen and oxygen atoms in total. The van der Waals surface area contributed by atoms with Gasteiger partial charge in [-0.3, -0.25) is 9.10 Å². The maximum Gasteiger partial charge on any atom is 0.264 e. The summed E-state index contributed by atoms with van der Waals surface area (Å²) in [6, 6.07) is 13.3. The summed E-state index contributed by atoms with van der Waals surface area (Å²) in [5.74, 6) is -0.0363. The van der Waals surface area contributed by atoms with Crippen molar-refractivity contribution in [3.63, 3.8) is 0 Å². The number of fused-ring (bicyclic) bond motifs is 1. The van der Waals surface area contributed by atoms with Crippen molar-refractivity contribution in [1.29, 1.82) is 0 Å². The number of Topliss-reactive ketones (excluding diaryl/α,β-unsaturated/α-hetero) is 1. The highest BCUT2D eigenvalue weighted by Gasteiger charge is 2.32. The van der Waals surface area contributed by atoms with Gasteiger partial charge >= 0.3 is 0 Å². The molecule has 0 amide bonds. The second-order valence-electron chi connectivity index (χ2n) is 4.72. The van der Waals surface area contributed by atoms with Crippen LogP contribution >= 0.6 is 15.9 Å². The van der Waals surface area contributed by atoms with Crippen molar-refractivity contribution in [2.24, 2.45) is 0 Å². The summed E-state index contributed by atoms with van der Waals surface area (Å²) in [4.78, 5) is 12.2. The lowest BCUT2D eigenvalue weighted by molar-refractivity contribution is 0.0982. The molecule has 0 bridgehead atoms. The van der Waals surface area contributed by atoms with Crippen molar-refractivity contribution in [2.75, 3.05) is 10.8 Å². The minimum atomic E-state index is -3.65. The Kier molecular flexibility index (Phi) is 3.59. The molecule has 6 heteroatoms. The van der Waals surface area contributed by atoms with Crippen molar-refractivity contribution >= 4 is 37.4 Å². The molecule has 0 radical (unpaired) electrons. The molecular formula is C15H12BrNO3S. The van der Waals surface area contributed by atoms with E-state index in [-0.39, 0.29) is 23.6 Å². The Morgan fingerprint density at radius 1 is 1.05 bits per heavy atom. The Morgan fingerprint density at radius 2 is 1.76 bits per heavy atom. The number of sulfonamides is 1. The maximum atomic E-state index is 12.7. The molecule has 0 saturated carbocycles. The number of benzene rings is 2. The largest absolute Gasteiger partial charge is 0.294 e. The molecule has 0 spiro atoms. The van der Waals surface area contributed by atoms with Gasteiger partial charge in [0.25, 0.3) is 10.0 Å². The Bertz CT molecular complexity index is 803. The first-order valence-electron chi connectivity index (χ1n) is 6.41. The molecule has 108 valence electrons. The average Bonchev–Trinajstić information content (AvgIpc) is 2.49. The third kappa shape index (κ3) is 2.49. The van der Waals surface area contributed by atoms with Crippen LogP contribution in [-0.4, -0.2) is 20.7 Å². The lowest BCUT2D eigenvalue weighted by Crippen LogP contribution is -2.37. The van der Waals surface area contributed by atoms with Gasteiger partial charge in [-0.25, -0.2) is 8.42 Å². The molecule has 1 heterocycles. The van der Waals surface area contributed by atoms with Gasteiger partial charge in [0, 0.05) is 23.0 Å². The van der Waals surface area contributed by atoms with Gasteiger partial charge in [-0.1, -0.05) is 34.1 Å². The van der Waals surface area contributed by atoms with E-state index in [0.29, 0.717) is 11.3 Å². The van der Waals surface area contributed by atoms with Crippen LogP contribution in [0.4, 0.5) is 5.69 Å². The van der Waals surface area contributed by atoms with Gasteiger partial charge in [0.05, 0.1) is 10.6 Å². The molecule has 0 unspecified atom stereocenters. The molecule has 3 rings (SSSR count). The predicted molar refractivity (Wildman–Crippen MR) is 84.1 cm³/mol. The van der Waals surface area contributed by atoms with E-state index in [0.717, 1.165) is 4.47 Å². The molecule has 0 fully saturated rings. The molecule has 2 aromatic carbocycles. The number of anilines is 1. The van der Waals surface area contributed by atoms with E-state index in [1.807, 2.05) is 0 Å². The van der Waals surface area contributed by atoms with E-state index < -0.39 is 10.0 Å². The number of nitrogens with zero attached hydrogens (tertiary/aromatic N) is 1. The zero-order chi connectivity index (χ0) is 15.0. The lowest BCUT2D eigenvalue weighted by Gasteiger charge is -2.29. The molecule has 0 saturated heterocycles. The van der Waals surface area contributed by atoms with Crippen LogP contribution in [0.15, 0.2) is 57.9 Å². The highest BCUT2D eigenvalue weighted by Crippen LogP contribution is 2.33. The standard InChI is InChI=1S/C15H12BrNO3S/c16-11-6-7-14-13(10-11)15(18)8-9-17(14)21(19,20)12-4-2-1-3-5-12/h1-7,10H,8-9H2. The Hall–Kier alpha value is -1.66. The first-order valence-corrected chi connectivity index (χ1v) is 8.64. The zero-order valence-electron chi connectivity index (χ0n) is 11.0. The fourth-order valence-corrected chi connectivity index (χ4v) is 4.24. The van der Waals surface area contributed by atoms with E-state index in [4.69, 9.17) is 0 Å². The van der Waals surface area contributed by atoms with Crippen LogP contribution in [0.25, 0.3) is 0 Å². The number of carbonyl (C=O) groups excluding carboxylic acids is 1. The third-order valence-corrected chi connectivity index (χ3v) is 5.72. The minimum Gasteiger partial charge on any atom is -0.294 e. The molecule has 0 aliphatic carbocycles. The highest BCUT2D eigenvalue weighted by atomic mass is 79.9. The summed E-state index contributed by atoms with van der Waals surface area (Å²) in [5, 5.41) is 0. The number of carbonyl (C=O) groups is 1. The fourth-order valence-electron chi connectivity index (χ4n) is 2.38. The van der Waals surface area contributed by atoms with Crippen LogP contribution in [0.5, 0.6) is 0 Å². The van der Waals surface area contributed by atoms with Crippen molar-refractivity contribution in [1.82, 2.24) is 0 Å². The molecule has 0 atom stereocenters. The zero-order valence-corrected chi connectivity index (χ0v) is 13.4. The van der Waals surface area contributed by atoms with E-state index in [1.165, 1.54) is 4.31 Å². The van der Waals surface area contributed by atoms with Gasteiger partial charge in [0.15, 0.2) is 5.78 Å². The molecular weight excluding hydrogens is 354 g/mol. The van der Waals surface area contributed by atoms with Crippen molar-refractivity contribution in [3.05, 3.63) is 58.6 Å². The topological polar surface area (TPSA) is 54.5 Å². The summed E-state index contributed by atoms with van der Waals surface area (Å²) in [7, 11) is -3.65. The van der Waals surface area contributed by atoms with Crippen molar-refractivity contribution in [3.8, 4) is 0 Å². The summed E-state index contributed by atoms with van der Waals surface area (Å²) < 4.78 is 27.6. The fraction of sp³-hybridized carbons (Fsp3) is 0.133. The van der Waals surface area contributed by atoms with Crippen LogP contribution in [0.3, 0.4) is 0 Å². The van der Waals surface area contributed by atoms with Gasteiger partial charge in [-0.15, -0.1) is 0 Å². The summed E-state index contributed by atoms with van der Waals surface area (Å²) in [6.45, 7) is 0.171. The average molecular weight is 366 g/mol. The highest BCUT2D eigenvalue weighted by molar-refractivity contribution is 9.10. The second-order valence-corrected chi connectivity index (χ2v) is 7.50. The van der Waals surface area contributed by atoms with Crippen molar-refractivity contribution < 1.29 is 13.2 Å². The SMILES string of the molecule is O=C1CCN(S(=O)(=O)c2ccccc2)c2ccc(Br)cc21. The van der Waals surface area contributed by atoms with Gasteiger partial charge in [-0.05, 0) is 30.3 Å². The van der Waals surface area contributed by atoms with E-state index >= 15 is 0 Å². The Balaban J connectivity index is 2.14. The van der Waals surface area contributed by atoms with Crippen LogP contribution in [-0.2, 0) is 10.0 Å². The third-order valence-electron chi connectivity index (χ3n) is 3.40. The molecule has 0 aromatic heterocycles. The summed E-state index contributed by atoms with van der Waals surface area (Å²) in [5.41, 5.74) is 0.883. The monoisotopic (exact) mass is 365 g/mol. The van der Waals surface area contributed by atoms with Gasteiger partial charge in [0.2, 0.25) is 0 Å². The Labute approximate surface area is 131 Å².